The number of ether oxygens (including phenoxy) is 4. The molecule has 0 aliphatic carbocycles. The van der Waals surface area contributed by atoms with E-state index in [-0.39, 0.29) is 48.0 Å². The summed E-state index contributed by atoms with van der Waals surface area (Å²) in [5.41, 5.74) is 15.3. The number of fused-ring (bicyclic) bond motifs is 8. The first kappa shape index (κ1) is 41.4. The molecule has 0 saturated carbocycles. The van der Waals surface area contributed by atoms with Gasteiger partial charge >= 0.3 is 11.9 Å². The van der Waals surface area contributed by atoms with Crippen molar-refractivity contribution in [3.05, 3.63) is 75.4 Å². The molecule has 10 nitrogen and oxygen atoms in total. The molecule has 0 radical (unpaired) electrons. The van der Waals surface area contributed by atoms with Crippen molar-refractivity contribution in [2.24, 2.45) is 0 Å². The number of rotatable bonds is 14. The molecule has 3 aromatic rings. The molecule has 300 valence electrons. The third kappa shape index (κ3) is 9.49. The van der Waals surface area contributed by atoms with Crippen molar-refractivity contribution in [2.75, 3.05) is 25.6 Å². The summed E-state index contributed by atoms with van der Waals surface area (Å²) in [7, 11) is 0. The van der Waals surface area contributed by atoms with Crippen LogP contribution in [0.5, 0.6) is 0 Å². The number of thioether (sulfide) groups is 1. The average molecular weight is 783 g/mol. The molecule has 3 aliphatic heterocycles. The predicted octanol–water partition coefficient (Wildman–Crippen LogP) is 9.81. The summed E-state index contributed by atoms with van der Waals surface area (Å²) in [4.78, 5) is 40.9. The highest BCUT2D eigenvalue weighted by molar-refractivity contribution is 7.99. The van der Waals surface area contributed by atoms with Crippen LogP contribution in [0, 0.1) is 20.8 Å². The molecule has 11 heteroatoms. The van der Waals surface area contributed by atoms with Gasteiger partial charge in [0.1, 0.15) is 18.1 Å². The molecule has 56 heavy (non-hydrogen) atoms. The van der Waals surface area contributed by atoms with Gasteiger partial charge in [-0.05, 0) is 111 Å². The quantitative estimate of drug-likeness (QED) is 0.121. The Bertz CT molecular complexity index is 2150. The lowest BCUT2D eigenvalue weighted by Crippen LogP contribution is -2.39. The van der Waals surface area contributed by atoms with Crippen LogP contribution in [0.3, 0.4) is 0 Å². The zero-order valence-corrected chi connectivity index (χ0v) is 35.1. The third-order valence-electron chi connectivity index (χ3n) is 11.3. The minimum absolute atomic E-state index is 0.138. The fourth-order valence-corrected chi connectivity index (χ4v) is 9.39. The van der Waals surface area contributed by atoms with Crippen LogP contribution in [0.25, 0.3) is 39.8 Å². The zero-order valence-electron chi connectivity index (χ0n) is 34.3. The van der Waals surface area contributed by atoms with Crippen LogP contribution in [-0.2, 0) is 35.0 Å². The van der Waals surface area contributed by atoms with Crippen molar-refractivity contribution in [2.45, 2.75) is 123 Å². The standard InChI is InChI=1S/C45H58N4O6S/c1-10-34-27(5)40-23-43-35(11-2)26(4)39(47-43)22-41-28(6)36(45(49-41)29(7)38-18-25(3)37(46-38)21-42(34)48-40)14-12-15-52-16-13-17-56-44-20-32(54-31(9)51)19-33(55-44)24-53-30(8)50/h11,18,21-23,28,32-33,36,44,47-48H,2,10,12-17,19-20,24H2,1,3-9H3/t28-,32-,33-,36-,44-/m0/s1. The maximum absolute atomic E-state index is 11.6. The normalized spacial score (nSPS) is 20.8. The molecular formula is C45H58N4O6S. The van der Waals surface area contributed by atoms with E-state index in [2.05, 4.69) is 82.4 Å². The number of aryl methyl sites for hydroxylation is 3. The summed E-state index contributed by atoms with van der Waals surface area (Å²) in [5, 5.41) is 0. The Morgan fingerprint density at radius 1 is 0.946 bits per heavy atom. The van der Waals surface area contributed by atoms with E-state index in [0.717, 1.165) is 98.5 Å². The van der Waals surface area contributed by atoms with Crippen LogP contribution in [0.2, 0.25) is 0 Å². The molecule has 3 aliphatic rings. The number of aromatic nitrogens is 4. The number of aromatic amines is 2. The van der Waals surface area contributed by atoms with Gasteiger partial charge in [-0.15, -0.1) is 11.8 Å². The van der Waals surface area contributed by atoms with Crippen LogP contribution < -0.4 is 0 Å². The Balaban J connectivity index is 1.16. The molecule has 5 atom stereocenters. The topological polar surface area (TPSA) is 128 Å². The summed E-state index contributed by atoms with van der Waals surface area (Å²) in [5.74, 6) is 0.629. The van der Waals surface area contributed by atoms with E-state index < -0.39 is 0 Å². The zero-order chi connectivity index (χ0) is 40.1. The molecular weight excluding hydrogens is 725 g/mol. The highest BCUT2D eigenvalue weighted by Gasteiger charge is 2.33. The van der Waals surface area contributed by atoms with Crippen molar-refractivity contribution in [3.8, 4) is 0 Å². The molecule has 1 fully saturated rings. The van der Waals surface area contributed by atoms with Crippen molar-refractivity contribution >= 4 is 63.5 Å². The van der Waals surface area contributed by atoms with E-state index in [0.29, 0.717) is 26.1 Å². The molecule has 0 aromatic carbocycles. The van der Waals surface area contributed by atoms with Gasteiger partial charge in [0, 0.05) is 90.8 Å². The second-order valence-corrected chi connectivity index (χ2v) is 16.6. The third-order valence-corrected chi connectivity index (χ3v) is 12.5. The van der Waals surface area contributed by atoms with E-state index in [9.17, 15) is 9.59 Å². The summed E-state index contributed by atoms with van der Waals surface area (Å²) in [6.07, 6.45) is 8.39. The molecule has 6 rings (SSSR count). The van der Waals surface area contributed by atoms with Gasteiger partial charge in [0.05, 0.1) is 17.5 Å². The van der Waals surface area contributed by atoms with E-state index >= 15 is 0 Å². The average Bonchev–Trinajstić information content (AvgIpc) is 3.85. The number of hydrogen-bond acceptors (Lipinski definition) is 9. The molecule has 6 heterocycles. The first-order chi connectivity index (χ1) is 26.9. The Morgan fingerprint density at radius 3 is 2.43 bits per heavy atom. The summed E-state index contributed by atoms with van der Waals surface area (Å²) >= 11 is 1.69. The first-order valence-corrected chi connectivity index (χ1v) is 21.1. The predicted molar refractivity (Wildman–Crippen MR) is 227 cm³/mol. The van der Waals surface area contributed by atoms with Gasteiger partial charge in [0.25, 0.3) is 0 Å². The second-order valence-electron chi connectivity index (χ2n) is 15.4. The lowest BCUT2D eigenvalue weighted by atomic mass is 9.86. The van der Waals surface area contributed by atoms with Crippen LogP contribution in [-0.4, -0.2) is 75.1 Å². The molecule has 8 bridgehead atoms. The molecule has 2 N–H and O–H groups in total. The second kappa shape index (κ2) is 18.4. The molecule has 0 amide bonds. The largest absolute Gasteiger partial charge is 0.463 e. The van der Waals surface area contributed by atoms with Crippen LogP contribution in [0.4, 0.5) is 0 Å². The van der Waals surface area contributed by atoms with Crippen molar-refractivity contribution in [1.29, 1.82) is 0 Å². The van der Waals surface area contributed by atoms with Gasteiger partial charge < -0.3 is 28.9 Å². The fraction of sp³-hybridized carbons (Fsp3) is 0.511. The lowest BCUT2D eigenvalue weighted by Gasteiger charge is -2.34. The van der Waals surface area contributed by atoms with Gasteiger partial charge in [-0.3, -0.25) is 14.6 Å². The summed E-state index contributed by atoms with van der Waals surface area (Å²) in [6, 6.07) is 6.64. The maximum Gasteiger partial charge on any atom is 0.302 e. The van der Waals surface area contributed by atoms with E-state index in [4.69, 9.17) is 28.9 Å². The van der Waals surface area contributed by atoms with Crippen molar-refractivity contribution in [3.63, 3.8) is 0 Å². The monoisotopic (exact) mass is 782 g/mol. The van der Waals surface area contributed by atoms with Crippen LogP contribution >= 0.6 is 11.8 Å². The minimum Gasteiger partial charge on any atom is -0.463 e. The van der Waals surface area contributed by atoms with Gasteiger partial charge in [-0.25, -0.2) is 4.98 Å². The minimum atomic E-state index is -0.351. The van der Waals surface area contributed by atoms with Gasteiger partial charge in [0.15, 0.2) is 0 Å². The fourth-order valence-electron chi connectivity index (χ4n) is 8.25. The Kier molecular flexibility index (Phi) is 13.6. The summed E-state index contributed by atoms with van der Waals surface area (Å²) < 4.78 is 23.0. The SMILES string of the molecule is C=Cc1c(C)c2cc3nc(c(C)c4nc(cc5[nH]c(cc1[nH]2)c(C)c5CC)C(C)=C4)[C@@H](CCCOCCCS[C@H]1C[C@@H](OC(C)=O)C[C@@H](COC(C)=O)O1)[C@@H]3C. The van der Waals surface area contributed by atoms with Crippen molar-refractivity contribution < 1.29 is 28.5 Å². The highest BCUT2D eigenvalue weighted by Crippen LogP contribution is 2.42. The number of allylic oxidation sites excluding steroid dienone is 1. The van der Waals surface area contributed by atoms with E-state index in [1.807, 2.05) is 6.08 Å². The maximum atomic E-state index is 11.6. The molecule has 0 unspecified atom stereocenters. The van der Waals surface area contributed by atoms with Gasteiger partial charge in [-0.1, -0.05) is 26.5 Å². The molecule has 0 spiro atoms. The molecule has 3 aromatic heterocycles. The van der Waals surface area contributed by atoms with Gasteiger partial charge in [0.2, 0.25) is 0 Å². The smallest absolute Gasteiger partial charge is 0.302 e. The number of carbonyl (C=O) groups is 2. The van der Waals surface area contributed by atoms with E-state index in [1.54, 1.807) is 11.8 Å². The highest BCUT2D eigenvalue weighted by atomic mass is 32.2. The van der Waals surface area contributed by atoms with Gasteiger partial charge in [-0.2, -0.15) is 0 Å². The van der Waals surface area contributed by atoms with Crippen LogP contribution in [0.15, 0.2) is 24.8 Å². The van der Waals surface area contributed by atoms with Crippen LogP contribution in [0.1, 0.15) is 129 Å². The number of hydrogen-bond donors (Lipinski definition) is 2. The number of esters is 2. The Labute approximate surface area is 335 Å². The number of nitrogens with one attached hydrogen (secondary N) is 2. The number of carbonyl (C=O) groups excluding carboxylic acids is 2. The molecule has 1 saturated heterocycles. The Hall–Kier alpha value is -4.19. The van der Waals surface area contributed by atoms with Crippen molar-refractivity contribution in [1.82, 2.24) is 19.9 Å². The Morgan fingerprint density at radius 2 is 1.70 bits per heavy atom. The lowest BCUT2D eigenvalue weighted by molar-refractivity contribution is -0.162. The summed E-state index contributed by atoms with van der Waals surface area (Å²) in [6.45, 7) is 21.6. The number of nitrogens with zero attached hydrogens (tertiary/aromatic N) is 2. The van der Waals surface area contributed by atoms with E-state index in [1.165, 1.54) is 25.0 Å². The first-order valence-electron chi connectivity index (χ1n) is 20.1. The number of H-pyrrole nitrogens is 2.